The van der Waals surface area contributed by atoms with Gasteiger partial charge in [-0.25, -0.2) is 0 Å². The molecule has 0 bridgehead atoms. The van der Waals surface area contributed by atoms with Gasteiger partial charge in [0, 0.05) is 0 Å². The van der Waals surface area contributed by atoms with Crippen LogP contribution in [0.3, 0.4) is 0 Å². The van der Waals surface area contributed by atoms with Crippen LogP contribution >= 0.6 is 0 Å². The Morgan fingerprint density at radius 1 is 0.889 bits per heavy atom. The van der Waals surface area contributed by atoms with Gasteiger partial charge in [-0.2, -0.15) is 0 Å². The second-order valence-corrected chi connectivity index (χ2v) is 8.26. The van der Waals surface area contributed by atoms with Gasteiger partial charge in [0.25, 0.3) is 0 Å². The van der Waals surface area contributed by atoms with Crippen LogP contribution in [0.25, 0.3) is 0 Å². The highest BCUT2D eigenvalue weighted by molar-refractivity contribution is 6.14. The predicted molar refractivity (Wildman–Crippen MR) is 110 cm³/mol. The number of carbonyl (C=O) groups is 3. The summed E-state index contributed by atoms with van der Waals surface area (Å²) >= 11 is 0. The molecule has 0 fully saturated rings. The van der Waals surface area contributed by atoms with Crippen LogP contribution in [-0.2, 0) is 19.1 Å². The van der Waals surface area contributed by atoms with Gasteiger partial charge in [0.05, 0.1) is 12.5 Å². The third kappa shape index (κ3) is 9.34. The molecule has 4 heteroatoms. The molecule has 0 rings (SSSR count). The van der Waals surface area contributed by atoms with E-state index in [2.05, 4.69) is 27.7 Å². The van der Waals surface area contributed by atoms with Gasteiger partial charge in [-0.05, 0) is 63.9 Å². The molecule has 5 atom stereocenters. The number of hydrogen-bond acceptors (Lipinski definition) is 4. The second kappa shape index (κ2) is 12.9. The molecular formula is C23H40O4. The zero-order valence-corrected chi connectivity index (χ0v) is 18.6. The highest BCUT2D eigenvalue weighted by Gasteiger charge is 2.31. The SMILES string of the molecule is CCC[C@H](C)C[C@H](C)C[C@H](C)/C=C(\C)C(=O)C(C)C(=O)C(C)C(=O)OCC. The molecule has 0 N–H and O–H groups in total. The number of hydrogen-bond donors (Lipinski definition) is 0. The van der Waals surface area contributed by atoms with E-state index < -0.39 is 17.8 Å². The summed E-state index contributed by atoms with van der Waals surface area (Å²) < 4.78 is 4.89. The number of carbonyl (C=O) groups excluding carboxylic acids is 3. The van der Waals surface area contributed by atoms with Gasteiger partial charge in [-0.3, -0.25) is 14.4 Å². The average molecular weight is 381 g/mol. The summed E-state index contributed by atoms with van der Waals surface area (Å²) in [6.07, 6.45) is 6.67. The van der Waals surface area contributed by atoms with E-state index in [9.17, 15) is 14.4 Å². The fourth-order valence-electron chi connectivity index (χ4n) is 3.83. The summed E-state index contributed by atoms with van der Waals surface area (Å²) in [6.45, 7) is 15.7. The lowest BCUT2D eigenvalue weighted by Crippen LogP contribution is -2.32. The van der Waals surface area contributed by atoms with Crippen molar-refractivity contribution in [3.63, 3.8) is 0 Å². The van der Waals surface area contributed by atoms with Gasteiger partial charge in [0.2, 0.25) is 0 Å². The quantitative estimate of drug-likeness (QED) is 0.244. The predicted octanol–water partition coefficient (Wildman–Crippen LogP) is 5.39. The van der Waals surface area contributed by atoms with Crippen molar-refractivity contribution < 1.29 is 19.1 Å². The maximum absolute atomic E-state index is 12.6. The van der Waals surface area contributed by atoms with E-state index in [1.165, 1.54) is 26.2 Å². The zero-order valence-electron chi connectivity index (χ0n) is 18.6. The van der Waals surface area contributed by atoms with Gasteiger partial charge in [-0.15, -0.1) is 0 Å². The van der Waals surface area contributed by atoms with E-state index in [1.54, 1.807) is 20.8 Å². The van der Waals surface area contributed by atoms with Gasteiger partial charge in [0.1, 0.15) is 5.92 Å². The molecule has 0 spiro atoms. The molecule has 0 saturated heterocycles. The Bertz CT molecular complexity index is 520. The van der Waals surface area contributed by atoms with E-state index in [-0.39, 0.29) is 24.1 Å². The highest BCUT2D eigenvalue weighted by atomic mass is 16.5. The molecule has 0 aliphatic carbocycles. The van der Waals surface area contributed by atoms with Crippen LogP contribution in [0.4, 0.5) is 0 Å². The molecule has 0 amide bonds. The number of allylic oxidation sites excluding steroid dienone is 2. The van der Waals surface area contributed by atoms with Crippen LogP contribution in [0.2, 0.25) is 0 Å². The third-order valence-electron chi connectivity index (χ3n) is 5.17. The Hall–Kier alpha value is -1.45. The first kappa shape index (κ1) is 25.6. The number of rotatable bonds is 13. The lowest BCUT2D eigenvalue weighted by atomic mass is 9.85. The average Bonchev–Trinajstić information content (AvgIpc) is 2.58. The molecule has 27 heavy (non-hydrogen) atoms. The van der Waals surface area contributed by atoms with Crippen molar-refractivity contribution in [3.05, 3.63) is 11.6 Å². The minimum absolute atomic E-state index is 0.199. The third-order valence-corrected chi connectivity index (χ3v) is 5.17. The maximum Gasteiger partial charge on any atom is 0.316 e. The van der Waals surface area contributed by atoms with Crippen LogP contribution < -0.4 is 0 Å². The Balaban J connectivity index is 4.80. The normalized spacial score (nSPS) is 17.6. The molecule has 2 unspecified atom stereocenters. The van der Waals surface area contributed by atoms with Crippen molar-refractivity contribution >= 4 is 17.5 Å². The first-order valence-corrected chi connectivity index (χ1v) is 10.5. The molecule has 0 aromatic carbocycles. The van der Waals surface area contributed by atoms with E-state index in [4.69, 9.17) is 4.74 Å². The van der Waals surface area contributed by atoms with Gasteiger partial charge in [0.15, 0.2) is 11.6 Å². The molecule has 0 aromatic rings. The number of ketones is 2. The second-order valence-electron chi connectivity index (χ2n) is 8.26. The fraction of sp³-hybridized carbons (Fsp3) is 0.783. The van der Waals surface area contributed by atoms with Crippen molar-refractivity contribution in [2.24, 2.45) is 29.6 Å². The molecule has 0 heterocycles. The minimum atomic E-state index is -0.908. The summed E-state index contributed by atoms with van der Waals surface area (Å²) in [7, 11) is 0. The highest BCUT2D eigenvalue weighted by Crippen LogP contribution is 2.24. The Morgan fingerprint density at radius 3 is 2.00 bits per heavy atom. The topological polar surface area (TPSA) is 60.4 Å². The smallest absolute Gasteiger partial charge is 0.316 e. The standard InChI is InChI=1S/C23H40O4/c1-9-11-15(3)12-16(4)13-17(5)14-18(6)21(24)19(7)22(25)20(8)23(26)27-10-2/h14-17,19-20H,9-13H2,1-8H3/b18-14+/t15-,16-,17-,19?,20?/m0/s1. The summed E-state index contributed by atoms with van der Waals surface area (Å²) in [5, 5.41) is 0. The maximum atomic E-state index is 12.6. The number of esters is 1. The largest absolute Gasteiger partial charge is 0.465 e. The molecule has 156 valence electrons. The molecule has 0 aromatic heterocycles. The summed E-state index contributed by atoms with van der Waals surface area (Å²) in [6, 6.07) is 0. The van der Waals surface area contributed by atoms with Crippen molar-refractivity contribution in [2.75, 3.05) is 6.61 Å². The Kier molecular flexibility index (Phi) is 12.2. The summed E-state index contributed by atoms with van der Waals surface area (Å²) in [4.78, 5) is 36.8. The molecule has 0 saturated carbocycles. The van der Waals surface area contributed by atoms with Gasteiger partial charge >= 0.3 is 5.97 Å². The summed E-state index contributed by atoms with van der Waals surface area (Å²) in [5.41, 5.74) is 0.605. The minimum Gasteiger partial charge on any atom is -0.465 e. The lowest BCUT2D eigenvalue weighted by Gasteiger charge is -2.20. The van der Waals surface area contributed by atoms with Crippen LogP contribution in [0, 0.1) is 29.6 Å². The number of Topliss-reactive ketones (excluding diaryl/α,β-unsaturated/α-hetero) is 2. The van der Waals surface area contributed by atoms with Crippen molar-refractivity contribution in [3.8, 4) is 0 Å². The van der Waals surface area contributed by atoms with Crippen molar-refractivity contribution in [2.45, 2.75) is 81.1 Å². The molecule has 0 radical (unpaired) electrons. The van der Waals surface area contributed by atoms with E-state index in [0.717, 1.165) is 12.3 Å². The lowest BCUT2D eigenvalue weighted by molar-refractivity contribution is -0.152. The van der Waals surface area contributed by atoms with Crippen LogP contribution in [0.5, 0.6) is 0 Å². The first-order chi connectivity index (χ1) is 12.5. The van der Waals surface area contributed by atoms with Crippen LogP contribution in [0.1, 0.15) is 81.1 Å². The monoisotopic (exact) mass is 380 g/mol. The molecule has 0 aliphatic heterocycles. The number of ether oxygens (including phenoxy) is 1. The van der Waals surface area contributed by atoms with Crippen LogP contribution in [0.15, 0.2) is 11.6 Å². The van der Waals surface area contributed by atoms with Crippen LogP contribution in [-0.4, -0.2) is 24.1 Å². The van der Waals surface area contributed by atoms with Gasteiger partial charge < -0.3 is 4.74 Å². The Morgan fingerprint density at radius 2 is 1.48 bits per heavy atom. The summed E-state index contributed by atoms with van der Waals surface area (Å²) in [5.74, 6) is -1.26. The fourth-order valence-corrected chi connectivity index (χ4v) is 3.83. The van der Waals surface area contributed by atoms with E-state index in [1.807, 2.05) is 6.08 Å². The van der Waals surface area contributed by atoms with Crippen molar-refractivity contribution in [1.82, 2.24) is 0 Å². The molecule has 4 nitrogen and oxygen atoms in total. The molecule has 0 aliphatic rings. The van der Waals surface area contributed by atoms with E-state index >= 15 is 0 Å². The molecular weight excluding hydrogens is 340 g/mol. The Labute approximate surface area is 166 Å². The van der Waals surface area contributed by atoms with Gasteiger partial charge in [-0.1, -0.05) is 46.6 Å². The zero-order chi connectivity index (χ0) is 21.1. The van der Waals surface area contributed by atoms with Crippen molar-refractivity contribution in [1.29, 1.82) is 0 Å². The first-order valence-electron chi connectivity index (χ1n) is 10.5. The van der Waals surface area contributed by atoms with E-state index in [0.29, 0.717) is 11.5 Å².